The molecule has 0 saturated heterocycles. The minimum Gasteiger partial charge on any atom is -0.469 e. The summed E-state index contributed by atoms with van der Waals surface area (Å²) in [6.07, 6.45) is 7.20. The first-order valence-electron chi connectivity index (χ1n) is 8.52. The number of hydrogen-bond acceptors (Lipinski definition) is 4. The number of rotatable bonds is 5. The average molecular weight is 338 g/mol. The maximum absolute atomic E-state index is 13.1. The quantitative estimate of drug-likeness (QED) is 0.458. The molecule has 0 saturated carbocycles. The fourth-order valence-corrected chi connectivity index (χ4v) is 3.27. The van der Waals surface area contributed by atoms with E-state index >= 15 is 0 Å². The molecule has 0 fully saturated rings. The molecule has 130 valence electrons. The Morgan fingerprint density at radius 1 is 1.32 bits per heavy atom. The fraction of sp³-hybridized carbons (Fsp3) is 0.333. The number of carbonyl (C=O) groups is 2. The molecule has 1 heterocycles. The number of fused-ring (bicyclic) bond motifs is 1. The van der Waals surface area contributed by atoms with Crippen LogP contribution in [0.3, 0.4) is 0 Å². The number of para-hydroxylation sites is 1. The van der Waals surface area contributed by atoms with E-state index in [1.807, 2.05) is 43.3 Å². The number of benzene rings is 1. The van der Waals surface area contributed by atoms with Gasteiger partial charge in [-0.3, -0.25) is 9.59 Å². The van der Waals surface area contributed by atoms with Crippen molar-refractivity contribution < 1.29 is 18.7 Å². The van der Waals surface area contributed by atoms with Crippen molar-refractivity contribution in [3.8, 4) is 0 Å². The summed E-state index contributed by atoms with van der Waals surface area (Å²) in [5.74, 6) is -0.349. The molecule has 3 rings (SSSR count). The molecule has 4 nitrogen and oxygen atoms in total. The fourth-order valence-electron chi connectivity index (χ4n) is 3.27. The van der Waals surface area contributed by atoms with Crippen molar-refractivity contribution in [3.05, 3.63) is 59.4 Å². The zero-order valence-electron chi connectivity index (χ0n) is 14.7. The molecule has 2 atom stereocenters. The number of Topliss-reactive ketones (excluding diaryl/α,β-unsaturated/α-hetero) is 1. The minimum absolute atomic E-state index is 0.0559. The van der Waals surface area contributed by atoms with Gasteiger partial charge >= 0.3 is 5.97 Å². The van der Waals surface area contributed by atoms with E-state index in [0.29, 0.717) is 17.8 Å². The van der Waals surface area contributed by atoms with E-state index in [1.165, 1.54) is 7.11 Å². The van der Waals surface area contributed by atoms with E-state index in [9.17, 15) is 9.59 Å². The third-order valence-electron chi connectivity index (χ3n) is 4.67. The molecular weight excluding hydrogens is 316 g/mol. The van der Waals surface area contributed by atoms with Gasteiger partial charge in [-0.2, -0.15) is 0 Å². The lowest BCUT2D eigenvalue weighted by Crippen LogP contribution is -2.17. The van der Waals surface area contributed by atoms with Crippen molar-refractivity contribution in [2.24, 2.45) is 11.8 Å². The number of furan rings is 1. The molecule has 2 unspecified atom stereocenters. The highest BCUT2D eigenvalue weighted by atomic mass is 16.5. The minimum atomic E-state index is -0.352. The molecule has 2 aromatic rings. The zero-order valence-corrected chi connectivity index (χ0v) is 14.7. The first-order valence-corrected chi connectivity index (χ1v) is 8.52. The highest BCUT2D eigenvalue weighted by molar-refractivity contribution is 6.11. The van der Waals surface area contributed by atoms with Crippen molar-refractivity contribution >= 4 is 22.7 Å². The Kier molecular flexibility index (Phi) is 4.88. The lowest BCUT2D eigenvalue weighted by molar-refractivity contribution is -0.144. The molecule has 0 amide bonds. The second kappa shape index (κ2) is 7.09. The first kappa shape index (κ1) is 17.2. The van der Waals surface area contributed by atoms with E-state index in [-0.39, 0.29) is 23.6 Å². The van der Waals surface area contributed by atoms with E-state index in [4.69, 9.17) is 9.15 Å². The molecule has 1 aliphatic carbocycles. The largest absolute Gasteiger partial charge is 0.469 e. The summed E-state index contributed by atoms with van der Waals surface area (Å²) in [6.45, 7) is 3.80. The molecule has 25 heavy (non-hydrogen) atoms. The van der Waals surface area contributed by atoms with Crippen LogP contribution < -0.4 is 0 Å². The molecule has 0 spiro atoms. The predicted octanol–water partition coefficient (Wildman–Crippen LogP) is 4.49. The monoisotopic (exact) mass is 338 g/mol. The highest BCUT2D eigenvalue weighted by Gasteiger charge is 2.28. The molecular formula is C21H22O4. The number of ether oxygens (including phenoxy) is 1. The van der Waals surface area contributed by atoms with Crippen molar-refractivity contribution in [1.82, 2.24) is 0 Å². The van der Waals surface area contributed by atoms with Gasteiger partial charge in [-0.25, -0.2) is 0 Å². The topological polar surface area (TPSA) is 56.5 Å². The van der Waals surface area contributed by atoms with Gasteiger partial charge in [0.2, 0.25) is 5.78 Å². The SMILES string of the molecule is COC(=O)C(C)Cc1c(C(=O)C2=CCC=CC2C)oc2ccccc12. The Morgan fingerprint density at radius 3 is 2.80 bits per heavy atom. The van der Waals surface area contributed by atoms with Crippen LogP contribution in [0.15, 0.2) is 52.5 Å². The van der Waals surface area contributed by atoms with Gasteiger partial charge in [0.25, 0.3) is 0 Å². The van der Waals surface area contributed by atoms with Crippen LogP contribution in [0.5, 0.6) is 0 Å². The Balaban J connectivity index is 2.05. The van der Waals surface area contributed by atoms with Crippen LogP contribution in [0.2, 0.25) is 0 Å². The normalized spacial score (nSPS) is 18.0. The smallest absolute Gasteiger partial charge is 0.308 e. The van der Waals surface area contributed by atoms with Crippen LogP contribution in [-0.2, 0) is 16.0 Å². The molecule has 4 heteroatoms. The van der Waals surface area contributed by atoms with Gasteiger partial charge in [0.1, 0.15) is 5.58 Å². The van der Waals surface area contributed by atoms with E-state index in [2.05, 4.69) is 6.08 Å². The maximum atomic E-state index is 13.1. The predicted molar refractivity (Wildman–Crippen MR) is 96.4 cm³/mol. The molecule has 1 aromatic heterocycles. The summed E-state index contributed by atoms with van der Waals surface area (Å²) in [7, 11) is 1.37. The number of methoxy groups -OCH3 is 1. The Hall–Kier alpha value is -2.62. The van der Waals surface area contributed by atoms with Gasteiger partial charge in [0, 0.05) is 22.4 Å². The highest BCUT2D eigenvalue weighted by Crippen LogP contribution is 2.32. The van der Waals surface area contributed by atoms with Crippen molar-refractivity contribution in [1.29, 1.82) is 0 Å². The molecule has 0 aliphatic heterocycles. The maximum Gasteiger partial charge on any atom is 0.308 e. The van der Waals surface area contributed by atoms with Crippen LogP contribution >= 0.6 is 0 Å². The lowest BCUT2D eigenvalue weighted by Gasteiger charge is -2.15. The third kappa shape index (κ3) is 3.29. The van der Waals surface area contributed by atoms with Gasteiger partial charge < -0.3 is 9.15 Å². The summed E-state index contributed by atoms with van der Waals surface area (Å²) in [6, 6.07) is 7.55. The number of ketones is 1. The summed E-state index contributed by atoms with van der Waals surface area (Å²) in [4.78, 5) is 25.0. The third-order valence-corrected chi connectivity index (χ3v) is 4.67. The summed E-state index contributed by atoms with van der Waals surface area (Å²) >= 11 is 0. The van der Waals surface area contributed by atoms with Crippen LogP contribution in [0.4, 0.5) is 0 Å². The first-order chi connectivity index (χ1) is 12.0. The van der Waals surface area contributed by atoms with Gasteiger partial charge in [0.15, 0.2) is 5.76 Å². The summed E-state index contributed by atoms with van der Waals surface area (Å²) < 4.78 is 10.7. The number of carbonyl (C=O) groups excluding carboxylic acids is 2. The molecule has 1 aliphatic rings. The Bertz CT molecular complexity index is 869. The van der Waals surface area contributed by atoms with Crippen molar-refractivity contribution in [2.45, 2.75) is 26.7 Å². The Labute approximate surface area is 147 Å². The molecule has 0 bridgehead atoms. The second-order valence-corrected chi connectivity index (χ2v) is 6.48. The molecule has 1 aromatic carbocycles. The van der Waals surface area contributed by atoms with Crippen LogP contribution in [0.25, 0.3) is 11.0 Å². The van der Waals surface area contributed by atoms with Gasteiger partial charge in [-0.05, 0) is 18.9 Å². The Morgan fingerprint density at radius 2 is 2.08 bits per heavy atom. The summed E-state index contributed by atoms with van der Waals surface area (Å²) in [5, 5.41) is 0.876. The van der Waals surface area contributed by atoms with Gasteiger partial charge in [-0.1, -0.05) is 50.3 Å². The van der Waals surface area contributed by atoms with Gasteiger partial charge in [0.05, 0.1) is 13.0 Å². The van der Waals surface area contributed by atoms with Crippen LogP contribution in [0, 0.1) is 11.8 Å². The van der Waals surface area contributed by atoms with E-state index < -0.39 is 0 Å². The van der Waals surface area contributed by atoms with Crippen LogP contribution in [-0.4, -0.2) is 18.9 Å². The van der Waals surface area contributed by atoms with E-state index in [0.717, 1.165) is 22.9 Å². The van der Waals surface area contributed by atoms with Crippen LogP contribution in [0.1, 0.15) is 36.4 Å². The lowest BCUT2D eigenvalue weighted by atomic mass is 9.88. The van der Waals surface area contributed by atoms with E-state index in [1.54, 1.807) is 6.92 Å². The summed E-state index contributed by atoms with van der Waals surface area (Å²) in [5.41, 5.74) is 2.19. The second-order valence-electron chi connectivity index (χ2n) is 6.48. The standard InChI is InChI=1S/C21H22O4/c1-13-8-4-5-9-15(13)19(22)20-17(12-14(2)21(23)24-3)16-10-6-7-11-18(16)25-20/h4,6-11,13-14H,5,12H2,1-3H3. The number of allylic oxidation sites excluding steroid dienone is 4. The van der Waals surface area contributed by atoms with Crippen molar-refractivity contribution in [2.75, 3.05) is 7.11 Å². The number of esters is 1. The number of hydrogen-bond donors (Lipinski definition) is 0. The zero-order chi connectivity index (χ0) is 18.0. The molecule has 0 radical (unpaired) electrons. The van der Waals surface area contributed by atoms with Gasteiger partial charge in [-0.15, -0.1) is 0 Å². The molecule has 0 N–H and O–H groups in total. The average Bonchev–Trinajstić information content (AvgIpc) is 2.99. The van der Waals surface area contributed by atoms with Crippen molar-refractivity contribution in [3.63, 3.8) is 0 Å².